The summed E-state index contributed by atoms with van der Waals surface area (Å²) in [7, 11) is 0. The minimum absolute atomic E-state index is 0.0515. The lowest BCUT2D eigenvalue weighted by molar-refractivity contribution is -0.0236. The maximum Gasteiger partial charge on any atom is 0.126 e. The fraction of sp³-hybridized carbons (Fsp3) is 0.647. The molecule has 0 spiro atoms. The number of hydrogen-bond acceptors (Lipinski definition) is 3. The van der Waals surface area contributed by atoms with Gasteiger partial charge in [-0.25, -0.2) is 4.39 Å². The first-order valence-corrected chi connectivity index (χ1v) is 7.79. The zero-order valence-corrected chi connectivity index (χ0v) is 13.6. The molecule has 21 heavy (non-hydrogen) atoms. The van der Waals surface area contributed by atoms with E-state index in [1.807, 2.05) is 19.1 Å². The van der Waals surface area contributed by atoms with Crippen molar-refractivity contribution in [3.63, 3.8) is 0 Å². The first-order chi connectivity index (χ1) is 9.96. The van der Waals surface area contributed by atoms with Crippen molar-refractivity contribution in [3.05, 3.63) is 35.1 Å². The van der Waals surface area contributed by atoms with Gasteiger partial charge in [-0.1, -0.05) is 19.1 Å². The minimum atomic E-state index is -0.141. The van der Waals surface area contributed by atoms with Gasteiger partial charge in [0.15, 0.2) is 0 Å². The Kier molecular flexibility index (Phi) is 5.36. The smallest absolute Gasteiger partial charge is 0.126 e. The molecule has 0 aliphatic carbocycles. The van der Waals surface area contributed by atoms with Crippen LogP contribution < -0.4 is 5.32 Å². The van der Waals surface area contributed by atoms with E-state index in [-0.39, 0.29) is 17.4 Å². The van der Waals surface area contributed by atoms with Crippen molar-refractivity contribution in [2.24, 2.45) is 0 Å². The van der Waals surface area contributed by atoms with Crippen LogP contribution in [0.5, 0.6) is 0 Å². The Balaban J connectivity index is 2.29. The minimum Gasteiger partial charge on any atom is -0.379 e. The van der Waals surface area contributed by atoms with Crippen molar-refractivity contribution in [2.75, 3.05) is 32.8 Å². The second-order valence-corrected chi connectivity index (χ2v) is 6.25. The topological polar surface area (TPSA) is 24.5 Å². The summed E-state index contributed by atoms with van der Waals surface area (Å²) in [6.07, 6.45) is 0. The normalized spacial score (nSPS) is 18.7. The summed E-state index contributed by atoms with van der Waals surface area (Å²) >= 11 is 0. The van der Waals surface area contributed by atoms with E-state index in [2.05, 4.69) is 31.0 Å². The molecule has 1 aromatic rings. The van der Waals surface area contributed by atoms with Crippen molar-refractivity contribution in [3.8, 4) is 0 Å². The largest absolute Gasteiger partial charge is 0.379 e. The Morgan fingerprint density at radius 3 is 2.57 bits per heavy atom. The number of morpholine rings is 1. The highest BCUT2D eigenvalue weighted by Crippen LogP contribution is 2.32. The molecular weight excluding hydrogens is 267 g/mol. The Morgan fingerprint density at radius 1 is 1.33 bits per heavy atom. The molecule has 1 heterocycles. The van der Waals surface area contributed by atoms with E-state index in [9.17, 15) is 4.39 Å². The van der Waals surface area contributed by atoms with Gasteiger partial charge in [0.05, 0.1) is 19.3 Å². The molecule has 0 amide bonds. The Bertz CT molecular complexity index is 470. The summed E-state index contributed by atoms with van der Waals surface area (Å²) in [5.74, 6) is -0.141. The van der Waals surface area contributed by atoms with Crippen LogP contribution >= 0.6 is 0 Å². The average Bonchev–Trinajstić information content (AvgIpc) is 2.48. The first kappa shape index (κ1) is 16.4. The lowest BCUT2D eigenvalue weighted by Crippen LogP contribution is -2.56. The van der Waals surface area contributed by atoms with Gasteiger partial charge in [-0.2, -0.15) is 0 Å². The molecule has 0 saturated carbocycles. The third-order valence-corrected chi connectivity index (χ3v) is 4.46. The number of aryl methyl sites for hydroxylation is 1. The summed E-state index contributed by atoms with van der Waals surface area (Å²) in [5.41, 5.74) is 1.80. The van der Waals surface area contributed by atoms with Crippen LogP contribution in [-0.2, 0) is 4.74 Å². The SMILES string of the molecule is CCNC(c1ccc(F)c(C)c1)C(C)(C)N1CCOCC1. The Hall–Kier alpha value is -0.970. The second kappa shape index (κ2) is 6.86. The van der Waals surface area contributed by atoms with E-state index in [1.54, 1.807) is 6.07 Å². The summed E-state index contributed by atoms with van der Waals surface area (Å²) in [6, 6.07) is 5.60. The number of nitrogens with zero attached hydrogens (tertiary/aromatic N) is 1. The van der Waals surface area contributed by atoms with Gasteiger partial charge in [0, 0.05) is 18.6 Å². The summed E-state index contributed by atoms with van der Waals surface area (Å²) < 4.78 is 19.0. The quantitative estimate of drug-likeness (QED) is 0.904. The van der Waals surface area contributed by atoms with Gasteiger partial charge in [0.1, 0.15) is 5.82 Å². The summed E-state index contributed by atoms with van der Waals surface area (Å²) in [6.45, 7) is 12.8. The molecule has 1 aliphatic heterocycles. The van der Waals surface area contributed by atoms with E-state index in [4.69, 9.17) is 4.74 Å². The molecule has 1 atom stereocenters. The van der Waals surface area contributed by atoms with Gasteiger partial charge in [0.2, 0.25) is 0 Å². The maximum atomic E-state index is 13.6. The maximum absolute atomic E-state index is 13.6. The Labute approximate surface area is 127 Å². The van der Waals surface area contributed by atoms with Crippen LogP contribution in [0.4, 0.5) is 4.39 Å². The number of rotatable bonds is 5. The molecule has 0 radical (unpaired) electrons. The van der Waals surface area contributed by atoms with Crippen molar-refractivity contribution < 1.29 is 9.13 Å². The van der Waals surface area contributed by atoms with Crippen molar-refractivity contribution in [1.82, 2.24) is 10.2 Å². The van der Waals surface area contributed by atoms with E-state index < -0.39 is 0 Å². The lowest BCUT2D eigenvalue weighted by atomic mass is 9.86. The molecule has 1 saturated heterocycles. The number of ether oxygens (including phenoxy) is 1. The van der Waals surface area contributed by atoms with E-state index in [1.165, 1.54) is 0 Å². The van der Waals surface area contributed by atoms with Crippen molar-refractivity contribution in [2.45, 2.75) is 39.3 Å². The van der Waals surface area contributed by atoms with Gasteiger partial charge in [-0.05, 0) is 44.5 Å². The third-order valence-electron chi connectivity index (χ3n) is 4.46. The van der Waals surface area contributed by atoms with Crippen LogP contribution in [0.25, 0.3) is 0 Å². The Morgan fingerprint density at radius 2 is 2.00 bits per heavy atom. The monoisotopic (exact) mass is 294 g/mol. The van der Waals surface area contributed by atoms with Crippen LogP contribution in [0.15, 0.2) is 18.2 Å². The third kappa shape index (κ3) is 3.62. The molecule has 0 bridgehead atoms. The molecule has 0 aromatic heterocycles. The number of halogens is 1. The van der Waals surface area contributed by atoms with Gasteiger partial charge in [-0.15, -0.1) is 0 Å². The predicted octanol–water partition coefficient (Wildman–Crippen LogP) is 2.90. The lowest BCUT2D eigenvalue weighted by Gasteiger charge is -2.46. The highest BCUT2D eigenvalue weighted by molar-refractivity contribution is 5.29. The molecule has 1 fully saturated rings. The van der Waals surface area contributed by atoms with E-state index in [0.717, 1.165) is 38.4 Å². The first-order valence-electron chi connectivity index (χ1n) is 7.79. The molecule has 2 rings (SSSR count). The molecule has 1 unspecified atom stereocenters. The van der Waals surface area contributed by atoms with Crippen LogP contribution in [-0.4, -0.2) is 43.3 Å². The van der Waals surface area contributed by atoms with Gasteiger partial charge in [0.25, 0.3) is 0 Å². The zero-order chi connectivity index (χ0) is 15.5. The molecule has 3 nitrogen and oxygen atoms in total. The fourth-order valence-corrected chi connectivity index (χ4v) is 3.15. The van der Waals surface area contributed by atoms with Crippen LogP contribution in [0.3, 0.4) is 0 Å². The van der Waals surface area contributed by atoms with E-state index >= 15 is 0 Å². The second-order valence-electron chi connectivity index (χ2n) is 6.25. The number of benzene rings is 1. The van der Waals surface area contributed by atoms with Crippen LogP contribution in [0.1, 0.15) is 37.9 Å². The standard InChI is InChI=1S/C17H27FN2O/c1-5-19-16(14-6-7-15(18)13(2)12-14)17(3,4)20-8-10-21-11-9-20/h6-7,12,16,19H,5,8-11H2,1-4H3. The van der Waals surface area contributed by atoms with Gasteiger partial charge >= 0.3 is 0 Å². The van der Waals surface area contributed by atoms with Gasteiger partial charge in [-0.3, -0.25) is 4.90 Å². The zero-order valence-electron chi connectivity index (χ0n) is 13.6. The van der Waals surface area contributed by atoms with Crippen molar-refractivity contribution >= 4 is 0 Å². The number of hydrogen-bond donors (Lipinski definition) is 1. The van der Waals surface area contributed by atoms with Gasteiger partial charge < -0.3 is 10.1 Å². The number of likely N-dealkylation sites (N-methyl/N-ethyl adjacent to an activating group) is 1. The molecule has 118 valence electrons. The van der Waals surface area contributed by atoms with Crippen LogP contribution in [0.2, 0.25) is 0 Å². The summed E-state index contributed by atoms with van der Waals surface area (Å²) in [5, 5.41) is 3.58. The van der Waals surface area contributed by atoms with E-state index in [0.29, 0.717) is 5.56 Å². The molecular formula is C17H27FN2O. The summed E-state index contributed by atoms with van der Waals surface area (Å²) in [4.78, 5) is 2.46. The fourth-order valence-electron chi connectivity index (χ4n) is 3.15. The molecule has 1 N–H and O–H groups in total. The predicted molar refractivity (Wildman–Crippen MR) is 84.0 cm³/mol. The average molecular weight is 294 g/mol. The molecule has 1 aromatic carbocycles. The van der Waals surface area contributed by atoms with Crippen molar-refractivity contribution in [1.29, 1.82) is 0 Å². The molecule has 4 heteroatoms. The highest BCUT2D eigenvalue weighted by Gasteiger charge is 2.36. The van der Waals surface area contributed by atoms with Crippen LogP contribution in [0, 0.1) is 12.7 Å². The highest BCUT2D eigenvalue weighted by atomic mass is 19.1. The molecule has 1 aliphatic rings. The number of nitrogens with one attached hydrogen (secondary N) is 1.